The molecule has 0 spiro atoms. The number of hydrogen-bond acceptors (Lipinski definition) is 6. The molecule has 6 heteroatoms. The third-order valence-electron chi connectivity index (χ3n) is 3.35. The van der Waals surface area contributed by atoms with Gasteiger partial charge in [-0.2, -0.15) is 0 Å². The lowest BCUT2D eigenvalue weighted by atomic mass is 9.82. The summed E-state index contributed by atoms with van der Waals surface area (Å²) >= 11 is 0. The van der Waals surface area contributed by atoms with Crippen LogP contribution in [0.2, 0.25) is 0 Å². The Bertz CT molecular complexity index is 422. The molecule has 2 rings (SSSR count). The number of aliphatic hydroxyl groups excluding tert-OH is 1. The van der Waals surface area contributed by atoms with Crippen LogP contribution in [-0.2, 0) is 11.3 Å². The SMILES string of the molecule is CCNc1cc(NCC2CC(O)C2)nc(COCC)n1. The van der Waals surface area contributed by atoms with E-state index >= 15 is 0 Å². The molecule has 1 fully saturated rings. The number of hydrogen-bond donors (Lipinski definition) is 3. The van der Waals surface area contributed by atoms with Crippen molar-refractivity contribution >= 4 is 11.6 Å². The van der Waals surface area contributed by atoms with E-state index in [4.69, 9.17) is 4.74 Å². The van der Waals surface area contributed by atoms with Crippen LogP contribution in [0.25, 0.3) is 0 Å². The van der Waals surface area contributed by atoms with Crippen LogP contribution in [-0.4, -0.2) is 40.9 Å². The second-order valence-electron chi connectivity index (χ2n) is 5.09. The number of rotatable bonds is 8. The summed E-state index contributed by atoms with van der Waals surface area (Å²) in [6, 6.07) is 1.91. The highest BCUT2D eigenvalue weighted by atomic mass is 16.5. The molecule has 1 aromatic rings. The van der Waals surface area contributed by atoms with E-state index in [-0.39, 0.29) is 6.10 Å². The largest absolute Gasteiger partial charge is 0.393 e. The summed E-state index contributed by atoms with van der Waals surface area (Å²) in [6.45, 7) is 6.72. The molecule has 1 saturated carbocycles. The molecule has 1 aromatic heterocycles. The Balaban J connectivity index is 1.95. The van der Waals surface area contributed by atoms with Gasteiger partial charge in [0.1, 0.15) is 18.2 Å². The van der Waals surface area contributed by atoms with Crippen molar-refractivity contribution in [3.8, 4) is 0 Å². The third-order valence-corrected chi connectivity index (χ3v) is 3.35. The molecule has 3 N–H and O–H groups in total. The van der Waals surface area contributed by atoms with E-state index < -0.39 is 0 Å². The minimum atomic E-state index is -0.113. The predicted octanol–water partition coefficient (Wildman–Crippen LogP) is 1.63. The highest BCUT2D eigenvalue weighted by Gasteiger charge is 2.26. The summed E-state index contributed by atoms with van der Waals surface area (Å²) in [5.74, 6) is 2.85. The van der Waals surface area contributed by atoms with Gasteiger partial charge in [-0.25, -0.2) is 9.97 Å². The van der Waals surface area contributed by atoms with Gasteiger partial charge < -0.3 is 20.5 Å². The van der Waals surface area contributed by atoms with Crippen molar-refractivity contribution in [2.45, 2.75) is 39.4 Å². The molecular formula is C14H24N4O2. The van der Waals surface area contributed by atoms with Crippen molar-refractivity contribution in [3.05, 3.63) is 11.9 Å². The Kier molecular flexibility index (Phi) is 5.55. The molecule has 112 valence electrons. The van der Waals surface area contributed by atoms with Crippen LogP contribution in [0.1, 0.15) is 32.5 Å². The van der Waals surface area contributed by atoms with Crippen LogP contribution in [0.15, 0.2) is 6.07 Å². The summed E-state index contributed by atoms with van der Waals surface area (Å²) in [7, 11) is 0. The fourth-order valence-corrected chi connectivity index (χ4v) is 2.23. The highest BCUT2D eigenvalue weighted by Crippen LogP contribution is 2.27. The van der Waals surface area contributed by atoms with E-state index in [1.165, 1.54) is 0 Å². The van der Waals surface area contributed by atoms with Crippen LogP contribution in [0.3, 0.4) is 0 Å². The fraction of sp³-hybridized carbons (Fsp3) is 0.714. The minimum absolute atomic E-state index is 0.113. The van der Waals surface area contributed by atoms with Crippen molar-refractivity contribution in [2.24, 2.45) is 5.92 Å². The average Bonchev–Trinajstić information content (AvgIpc) is 2.40. The molecule has 1 heterocycles. The smallest absolute Gasteiger partial charge is 0.158 e. The number of ether oxygens (including phenoxy) is 1. The van der Waals surface area contributed by atoms with Crippen LogP contribution in [0.4, 0.5) is 11.6 Å². The molecule has 6 nitrogen and oxygen atoms in total. The van der Waals surface area contributed by atoms with Gasteiger partial charge in [0, 0.05) is 25.8 Å². The molecule has 1 aliphatic rings. The topological polar surface area (TPSA) is 79.3 Å². The number of aromatic nitrogens is 2. The molecular weight excluding hydrogens is 256 g/mol. The number of anilines is 2. The molecule has 0 atom stereocenters. The lowest BCUT2D eigenvalue weighted by molar-refractivity contribution is 0.0486. The van der Waals surface area contributed by atoms with Gasteiger partial charge in [-0.05, 0) is 32.6 Å². The van der Waals surface area contributed by atoms with E-state index in [1.54, 1.807) is 0 Å². The Morgan fingerprint density at radius 2 is 1.95 bits per heavy atom. The summed E-state index contributed by atoms with van der Waals surface area (Å²) in [5, 5.41) is 15.8. The molecule has 0 radical (unpaired) electrons. The van der Waals surface area contributed by atoms with E-state index in [2.05, 4.69) is 20.6 Å². The zero-order valence-electron chi connectivity index (χ0n) is 12.2. The summed E-state index contributed by atoms with van der Waals surface area (Å²) < 4.78 is 5.37. The first-order chi connectivity index (χ1) is 9.71. The first-order valence-electron chi connectivity index (χ1n) is 7.32. The molecule has 0 unspecified atom stereocenters. The second-order valence-corrected chi connectivity index (χ2v) is 5.09. The quantitative estimate of drug-likeness (QED) is 0.671. The lowest BCUT2D eigenvalue weighted by Crippen LogP contribution is -2.33. The summed E-state index contributed by atoms with van der Waals surface area (Å²) in [4.78, 5) is 8.86. The van der Waals surface area contributed by atoms with E-state index in [9.17, 15) is 5.11 Å². The third kappa shape index (κ3) is 4.31. The molecule has 0 saturated heterocycles. The van der Waals surface area contributed by atoms with Crippen LogP contribution < -0.4 is 10.6 Å². The molecule has 0 aliphatic heterocycles. The van der Waals surface area contributed by atoms with E-state index in [1.807, 2.05) is 19.9 Å². The first kappa shape index (κ1) is 15.0. The zero-order valence-corrected chi connectivity index (χ0v) is 12.2. The monoisotopic (exact) mass is 280 g/mol. The normalized spacial score (nSPS) is 21.4. The summed E-state index contributed by atoms with van der Waals surface area (Å²) in [5.41, 5.74) is 0. The molecule has 1 aliphatic carbocycles. The first-order valence-corrected chi connectivity index (χ1v) is 7.32. The van der Waals surface area contributed by atoms with Crippen LogP contribution in [0.5, 0.6) is 0 Å². The predicted molar refractivity (Wildman–Crippen MR) is 78.7 cm³/mol. The van der Waals surface area contributed by atoms with Crippen molar-refractivity contribution in [1.82, 2.24) is 9.97 Å². The van der Waals surface area contributed by atoms with Gasteiger partial charge in [0.05, 0.1) is 6.10 Å². The van der Waals surface area contributed by atoms with Gasteiger partial charge in [0.15, 0.2) is 5.82 Å². The average molecular weight is 280 g/mol. The van der Waals surface area contributed by atoms with Crippen LogP contribution >= 0.6 is 0 Å². The van der Waals surface area contributed by atoms with Gasteiger partial charge in [0.2, 0.25) is 0 Å². The Labute approximate surface area is 120 Å². The van der Waals surface area contributed by atoms with Gasteiger partial charge in [0.25, 0.3) is 0 Å². The highest BCUT2D eigenvalue weighted by molar-refractivity contribution is 5.47. The van der Waals surface area contributed by atoms with Crippen molar-refractivity contribution in [1.29, 1.82) is 0 Å². The van der Waals surface area contributed by atoms with E-state index in [0.29, 0.717) is 25.0 Å². The summed E-state index contributed by atoms with van der Waals surface area (Å²) in [6.07, 6.45) is 1.64. The minimum Gasteiger partial charge on any atom is -0.393 e. The van der Waals surface area contributed by atoms with E-state index in [0.717, 1.165) is 37.6 Å². The van der Waals surface area contributed by atoms with Gasteiger partial charge >= 0.3 is 0 Å². The Morgan fingerprint density at radius 3 is 2.55 bits per heavy atom. The Morgan fingerprint density at radius 1 is 1.25 bits per heavy atom. The molecule has 0 amide bonds. The zero-order chi connectivity index (χ0) is 14.4. The maximum atomic E-state index is 9.29. The standard InChI is InChI=1S/C14H24N4O2/c1-3-15-12-7-13(16-8-10-5-11(19)6-10)18-14(17-12)9-20-4-2/h7,10-11,19H,3-6,8-9H2,1-2H3,(H2,15,16,17,18). The Hall–Kier alpha value is -1.40. The second kappa shape index (κ2) is 7.40. The fourth-order valence-electron chi connectivity index (χ4n) is 2.23. The lowest BCUT2D eigenvalue weighted by Gasteiger charge is -2.31. The molecule has 0 aromatic carbocycles. The maximum Gasteiger partial charge on any atom is 0.158 e. The molecule has 0 bridgehead atoms. The maximum absolute atomic E-state index is 9.29. The molecule has 20 heavy (non-hydrogen) atoms. The number of nitrogens with zero attached hydrogens (tertiary/aromatic N) is 2. The van der Waals surface area contributed by atoms with Gasteiger partial charge in [-0.15, -0.1) is 0 Å². The van der Waals surface area contributed by atoms with Crippen molar-refractivity contribution in [2.75, 3.05) is 30.3 Å². The van der Waals surface area contributed by atoms with Gasteiger partial charge in [-0.3, -0.25) is 0 Å². The number of aliphatic hydroxyl groups is 1. The van der Waals surface area contributed by atoms with Gasteiger partial charge in [-0.1, -0.05) is 0 Å². The van der Waals surface area contributed by atoms with Crippen LogP contribution in [0, 0.1) is 5.92 Å². The number of nitrogens with one attached hydrogen (secondary N) is 2. The van der Waals surface area contributed by atoms with Crippen molar-refractivity contribution < 1.29 is 9.84 Å². The van der Waals surface area contributed by atoms with Crippen molar-refractivity contribution in [3.63, 3.8) is 0 Å².